The summed E-state index contributed by atoms with van der Waals surface area (Å²) in [6.45, 7) is 3.99. The Bertz CT molecular complexity index is 3370. The SMILES string of the molecule is CCCCCCCCC(=O)NC[C@@H](C)C(=O)NCC(=O)N[C@H](CCC(=O)O)C(=O)N[C@@H](Cc1ccc(O)cc1)C(=O)N[C@@H]1C(=O)N[C@H]([C@H](C)CC)C(=O)N[C@@H](CC(=O)O)C(=O)N[C@@H]([C@@H](O)C(=O)O)C(=O)N2CCC[C@H]2C(=O)NCC(=O)N[C@H](CCC(=O)O)C(=O)N[C@@H](CCC(=O)O)C(=O)N(C)CC(=O)O[C@@H]1C. The summed E-state index contributed by atoms with van der Waals surface area (Å²) >= 11 is 0. The first-order valence-corrected chi connectivity index (χ1v) is 34.9. The number of carboxylic acids is 5. The van der Waals surface area contributed by atoms with E-state index in [0.717, 1.165) is 46.1 Å². The monoisotopic (exact) mass is 1520 g/mol. The molecule has 2 fully saturated rings. The summed E-state index contributed by atoms with van der Waals surface area (Å²) in [6.07, 6.45) is -5.69. The minimum Gasteiger partial charge on any atom is -0.508 e. The lowest BCUT2D eigenvalue weighted by atomic mass is 9.96. The van der Waals surface area contributed by atoms with Gasteiger partial charge in [0.25, 0.3) is 0 Å². The average Bonchev–Trinajstić information content (AvgIpc) is 1.77. The number of carbonyl (C=O) groups excluding carboxylic acids is 14. The van der Waals surface area contributed by atoms with Crippen molar-refractivity contribution in [2.45, 2.75) is 217 Å². The quantitative estimate of drug-likeness (QED) is 0.0228. The van der Waals surface area contributed by atoms with Crippen molar-refractivity contribution in [3.63, 3.8) is 0 Å². The fraction of sp³-hybridized carbons (Fsp3) is 0.627. The van der Waals surface area contributed by atoms with E-state index in [1.165, 1.54) is 45.0 Å². The number of likely N-dealkylation sites (N-methyl/N-ethyl adjacent to an activating group) is 1. The summed E-state index contributed by atoms with van der Waals surface area (Å²) in [5.74, 6) is -27.5. The van der Waals surface area contributed by atoms with Crippen LogP contribution in [-0.2, 0) is 102 Å². The number of benzene rings is 1. The van der Waals surface area contributed by atoms with Crippen molar-refractivity contribution < 1.29 is 132 Å². The van der Waals surface area contributed by atoms with Crippen molar-refractivity contribution in [2.24, 2.45) is 11.8 Å². The van der Waals surface area contributed by atoms with E-state index in [0.29, 0.717) is 16.2 Å². The maximum Gasteiger partial charge on any atom is 0.335 e. The number of unbranched alkanes of at least 4 members (excludes halogenated alkanes) is 5. The molecule has 0 radical (unpaired) electrons. The minimum atomic E-state index is -2.85. The second-order valence-electron chi connectivity index (χ2n) is 26.1. The number of fused-ring (bicyclic) bond motifs is 1. The molecule has 0 aliphatic carbocycles. The van der Waals surface area contributed by atoms with E-state index < -0.39 is 256 Å². The van der Waals surface area contributed by atoms with Crippen LogP contribution in [0.2, 0.25) is 0 Å². The molecule has 2 aliphatic heterocycles. The maximum absolute atomic E-state index is 15.1. The molecule has 594 valence electrons. The number of amides is 13. The smallest absolute Gasteiger partial charge is 0.335 e. The molecule has 0 saturated carbocycles. The van der Waals surface area contributed by atoms with E-state index in [-0.39, 0.29) is 56.0 Å². The van der Waals surface area contributed by atoms with Crippen LogP contribution < -0.4 is 58.5 Å². The lowest BCUT2D eigenvalue weighted by Gasteiger charge is -2.32. The van der Waals surface area contributed by atoms with Gasteiger partial charge in [-0.15, -0.1) is 0 Å². The highest BCUT2D eigenvalue weighted by Gasteiger charge is 2.45. The fourth-order valence-electron chi connectivity index (χ4n) is 11.1. The van der Waals surface area contributed by atoms with Crippen LogP contribution in [0.5, 0.6) is 5.75 Å². The summed E-state index contributed by atoms with van der Waals surface area (Å²) in [4.78, 5) is 258. The number of nitrogens with one attached hydrogen (secondary N) is 11. The van der Waals surface area contributed by atoms with Gasteiger partial charge in [-0.1, -0.05) is 78.4 Å². The molecule has 2 aliphatic rings. The highest BCUT2D eigenvalue weighted by Crippen LogP contribution is 2.21. The minimum absolute atomic E-state index is 0.00201. The van der Waals surface area contributed by atoms with Gasteiger partial charge in [-0.3, -0.25) is 86.3 Å². The fourth-order valence-corrected chi connectivity index (χ4v) is 11.1. The van der Waals surface area contributed by atoms with Gasteiger partial charge in [0.05, 0.1) is 25.4 Å². The van der Waals surface area contributed by atoms with E-state index in [4.69, 9.17) is 4.74 Å². The molecule has 13 amide bonds. The number of phenols is 1. The molecule has 18 N–H and O–H groups in total. The lowest BCUT2D eigenvalue weighted by molar-refractivity contribution is -0.156. The van der Waals surface area contributed by atoms with Crippen LogP contribution in [0.3, 0.4) is 0 Å². The van der Waals surface area contributed by atoms with Gasteiger partial charge in [0.15, 0.2) is 6.10 Å². The van der Waals surface area contributed by atoms with Gasteiger partial charge in [-0.2, -0.15) is 0 Å². The number of nitrogens with zero attached hydrogens (tertiary/aromatic N) is 2. The maximum atomic E-state index is 15.1. The van der Waals surface area contributed by atoms with E-state index >= 15 is 9.59 Å². The standard InChI is InChI=1S/C67H99N13O27/c1-7-9-10-11-12-13-16-45(82)68-30-35(4)57(95)69-31-46(83)72-40(22-25-49(87)88)59(97)74-42(28-37-17-19-38(81)20-18-37)60(98)77-54-36(5)107-52(93)33-79(6)65(103)41(23-26-50(89)90)73-58(96)39(21-24-48(85)86)71-47(84)32-70-62(100)44-15-14-27-80(44)66(104)55(56(94)67(105)106)78-61(99)43(29-51(91)92)75-63(101)53(34(3)8-2)76-64(54)102/h17-20,34-36,39-44,53-56,81,94H,7-16,21-33H2,1-6H3,(H,68,82)(H,69,95)(H,70,100)(H,71,84)(H,72,83)(H,73,96)(H,74,97)(H,75,101)(H,76,102)(H,77,98)(H,78,99)(H,85,86)(H,87,88)(H,89,90)(H,91,92)(H,105,106)/t34-,35-,36-,39-,40-,41+,42+,43+,44+,53-,54+,55+,56-/m1/s1. The van der Waals surface area contributed by atoms with Crippen LogP contribution in [0.15, 0.2) is 24.3 Å². The molecule has 1 aromatic carbocycles. The Hall–Kier alpha value is -11.1. The van der Waals surface area contributed by atoms with Crippen molar-refractivity contribution in [2.75, 3.05) is 39.8 Å². The number of phenolic OH excluding ortho intramolecular Hbond substituents is 1. The Labute approximate surface area is 614 Å². The Morgan fingerprint density at radius 2 is 1.21 bits per heavy atom. The molecule has 0 unspecified atom stereocenters. The van der Waals surface area contributed by atoms with Crippen molar-refractivity contribution in [3.05, 3.63) is 29.8 Å². The number of aliphatic carboxylic acids is 5. The molecule has 0 spiro atoms. The van der Waals surface area contributed by atoms with Crippen LogP contribution in [0.25, 0.3) is 0 Å². The Morgan fingerprint density at radius 3 is 1.82 bits per heavy atom. The molecular weight excluding hydrogens is 1420 g/mol. The van der Waals surface area contributed by atoms with E-state index in [2.05, 4.69) is 60.1 Å². The van der Waals surface area contributed by atoms with Crippen LogP contribution in [0.1, 0.15) is 149 Å². The molecule has 40 nitrogen and oxygen atoms in total. The molecular formula is C67H99N13O27. The molecule has 0 bridgehead atoms. The van der Waals surface area contributed by atoms with Crippen LogP contribution in [0, 0.1) is 11.8 Å². The first-order chi connectivity index (χ1) is 50.4. The normalized spacial score (nSPS) is 21.8. The molecule has 0 aromatic heterocycles. The summed E-state index contributed by atoms with van der Waals surface area (Å²) in [5.41, 5.74) is 0.166. The molecule has 1 aromatic rings. The molecule has 13 atom stereocenters. The van der Waals surface area contributed by atoms with Crippen LogP contribution >= 0.6 is 0 Å². The van der Waals surface area contributed by atoms with Crippen LogP contribution in [-0.4, -0.2) is 265 Å². The number of rotatable bonds is 34. The number of aromatic hydroxyl groups is 1. The van der Waals surface area contributed by atoms with E-state index in [1.54, 1.807) is 0 Å². The number of hydrogen-bond acceptors (Lipinski definition) is 22. The zero-order valence-electron chi connectivity index (χ0n) is 60.3. The van der Waals surface area contributed by atoms with Crippen molar-refractivity contribution in [3.8, 4) is 5.75 Å². The largest absolute Gasteiger partial charge is 0.508 e. The van der Waals surface area contributed by atoms with Gasteiger partial charge >= 0.3 is 35.8 Å². The van der Waals surface area contributed by atoms with Crippen molar-refractivity contribution in [1.82, 2.24) is 68.3 Å². The predicted octanol–water partition coefficient (Wildman–Crippen LogP) is -4.50. The summed E-state index contributed by atoms with van der Waals surface area (Å²) in [7, 11) is 0.966. The molecule has 2 saturated heterocycles. The number of carboxylic acid groups (broad SMARTS) is 5. The second kappa shape index (κ2) is 45.3. The molecule has 2 heterocycles. The molecule has 107 heavy (non-hydrogen) atoms. The highest BCUT2D eigenvalue weighted by atomic mass is 16.5. The first kappa shape index (κ1) is 90.1. The molecule has 40 heteroatoms. The van der Waals surface area contributed by atoms with Gasteiger partial charge in [0, 0.05) is 52.2 Å². The van der Waals surface area contributed by atoms with Gasteiger partial charge in [-0.05, 0) is 69.1 Å². The zero-order chi connectivity index (χ0) is 80.4. The number of aliphatic hydroxyl groups excluding tert-OH is 1. The van der Waals surface area contributed by atoms with Gasteiger partial charge in [0.1, 0.15) is 72.8 Å². The van der Waals surface area contributed by atoms with Crippen LogP contribution in [0.4, 0.5) is 0 Å². The lowest BCUT2D eigenvalue weighted by Crippen LogP contribution is -2.64. The number of ether oxygens (including phenoxy) is 1. The zero-order valence-corrected chi connectivity index (χ0v) is 60.3. The number of hydrogen-bond donors (Lipinski definition) is 18. The second-order valence-corrected chi connectivity index (χ2v) is 26.1. The number of cyclic esters (lactones) is 1. The third-order valence-corrected chi connectivity index (χ3v) is 17.4. The summed E-state index contributed by atoms with van der Waals surface area (Å²) < 4.78 is 5.62. The Morgan fingerprint density at radius 1 is 0.617 bits per heavy atom. The third-order valence-electron chi connectivity index (χ3n) is 17.4. The number of esters is 1. The van der Waals surface area contributed by atoms with Gasteiger partial charge < -0.3 is 109 Å². The average molecular weight is 1520 g/mol. The van der Waals surface area contributed by atoms with E-state index in [9.17, 15) is 117 Å². The predicted molar refractivity (Wildman–Crippen MR) is 367 cm³/mol. The highest BCUT2D eigenvalue weighted by molar-refractivity contribution is 6.01. The Balaban J connectivity index is 2.22. The van der Waals surface area contributed by atoms with E-state index in [1.807, 2.05) is 5.32 Å². The number of carbonyl (C=O) groups is 19. The van der Waals surface area contributed by atoms with Gasteiger partial charge in [-0.25, -0.2) is 4.79 Å². The Kier molecular flexibility index (Phi) is 38.2. The van der Waals surface area contributed by atoms with Crippen molar-refractivity contribution in [1.29, 1.82) is 0 Å². The summed E-state index contributed by atoms with van der Waals surface area (Å²) in [6, 6.07) is -13.2. The van der Waals surface area contributed by atoms with Crippen molar-refractivity contribution >= 4 is 113 Å². The van der Waals surface area contributed by atoms with Gasteiger partial charge in [0.2, 0.25) is 76.8 Å². The summed E-state index contributed by atoms with van der Waals surface area (Å²) in [5, 5.41) is 95.0. The first-order valence-electron chi connectivity index (χ1n) is 34.9. The molecule has 3 rings (SSSR count). The number of aliphatic hydroxyl groups is 1. The third kappa shape index (κ3) is 31.6. The topological polar surface area (TPSA) is 614 Å².